The molecular weight excluding hydrogens is 338 g/mol. The van der Waals surface area contributed by atoms with Crippen LogP contribution >= 0.6 is 0 Å². The first-order chi connectivity index (χ1) is 11.9. The molecule has 0 amide bonds. The zero-order valence-corrected chi connectivity index (χ0v) is 16.0. The average Bonchev–Trinajstić information content (AvgIpc) is 2.62. The van der Waals surface area contributed by atoms with Gasteiger partial charge in [0.05, 0.1) is 18.6 Å². The van der Waals surface area contributed by atoms with Gasteiger partial charge >= 0.3 is 0 Å². The zero-order chi connectivity index (χ0) is 18.4. The number of hydrogen-bond donors (Lipinski definition) is 0. The summed E-state index contributed by atoms with van der Waals surface area (Å²) in [7, 11) is -0.400. The Morgan fingerprint density at radius 3 is 2.28 bits per heavy atom. The number of nitrogens with zero attached hydrogens (tertiary/aromatic N) is 1. The van der Waals surface area contributed by atoms with E-state index >= 15 is 0 Å². The maximum Gasteiger partial charge on any atom is 0.243 e. The second kappa shape index (κ2) is 8.36. The molecular formula is C19H25NO4S. The molecule has 0 aliphatic rings. The Balaban J connectivity index is 2.20. The fourth-order valence-electron chi connectivity index (χ4n) is 2.57. The van der Waals surface area contributed by atoms with E-state index in [0.29, 0.717) is 25.3 Å². The van der Waals surface area contributed by atoms with Gasteiger partial charge in [0.2, 0.25) is 10.0 Å². The van der Waals surface area contributed by atoms with Crippen LogP contribution in [0, 0.1) is 0 Å². The summed E-state index contributed by atoms with van der Waals surface area (Å²) in [6.45, 7) is 4.79. The van der Waals surface area contributed by atoms with E-state index in [1.807, 2.05) is 38.1 Å². The minimum absolute atomic E-state index is 0.276. The second-order valence-electron chi connectivity index (χ2n) is 5.67. The molecule has 136 valence electrons. The van der Waals surface area contributed by atoms with Gasteiger partial charge in [-0.05, 0) is 54.8 Å². The lowest BCUT2D eigenvalue weighted by Gasteiger charge is -2.18. The SMILES string of the molecule is CCOc1ccc(CN(C)S(=O)(=O)c2ccc(OC)c(CC)c2)cc1. The monoisotopic (exact) mass is 363 g/mol. The Labute approximate surface area is 150 Å². The highest BCUT2D eigenvalue weighted by molar-refractivity contribution is 7.89. The van der Waals surface area contributed by atoms with Gasteiger partial charge in [-0.25, -0.2) is 8.42 Å². The highest BCUT2D eigenvalue weighted by atomic mass is 32.2. The van der Waals surface area contributed by atoms with Gasteiger partial charge in [0.25, 0.3) is 0 Å². The van der Waals surface area contributed by atoms with Gasteiger partial charge in [0.1, 0.15) is 11.5 Å². The van der Waals surface area contributed by atoms with E-state index in [2.05, 4.69) is 0 Å². The summed E-state index contributed by atoms with van der Waals surface area (Å²) < 4.78 is 37.7. The fraction of sp³-hybridized carbons (Fsp3) is 0.368. The minimum Gasteiger partial charge on any atom is -0.496 e. The largest absolute Gasteiger partial charge is 0.496 e. The highest BCUT2D eigenvalue weighted by Gasteiger charge is 2.22. The molecule has 0 atom stereocenters. The Morgan fingerprint density at radius 2 is 1.72 bits per heavy atom. The molecule has 6 heteroatoms. The Morgan fingerprint density at radius 1 is 1.04 bits per heavy atom. The van der Waals surface area contributed by atoms with Crippen LogP contribution in [0.5, 0.6) is 11.5 Å². The van der Waals surface area contributed by atoms with Crippen LogP contribution in [0.3, 0.4) is 0 Å². The van der Waals surface area contributed by atoms with E-state index < -0.39 is 10.0 Å². The molecule has 25 heavy (non-hydrogen) atoms. The average molecular weight is 363 g/mol. The molecule has 0 saturated carbocycles. The minimum atomic E-state index is -3.57. The topological polar surface area (TPSA) is 55.8 Å². The van der Waals surface area contributed by atoms with Crippen molar-refractivity contribution in [3.8, 4) is 11.5 Å². The molecule has 0 saturated heterocycles. The third-order valence-electron chi connectivity index (χ3n) is 3.98. The summed E-state index contributed by atoms with van der Waals surface area (Å²) in [5, 5.41) is 0. The first-order valence-corrected chi connectivity index (χ1v) is 9.71. The van der Waals surface area contributed by atoms with Crippen molar-refractivity contribution in [1.82, 2.24) is 4.31 Å². The second-order valence-corrected chi connectivity index (χ2v) is 7.71. The first-order valence-electron chi connectivity index (χ1n) is 8.27. The normalized spacial score (nSPS) is 11.6. The summed E-state index contributed by atoms with van der Waals surface area (Å²) >= 11 is 0. The van der Waals surface area contributed by atoms with Crippen LogP contribution in [0.2, 0.25) is 0 Å². The third kappa shape index (κ3) is 4.52. The molecule has 0 bridgehead atoms. The van der Waals surface area contributed by atoms with E-state index in [9.17, 15) is 8.42 Å². The Bertz CT molecular complexity index is 801. The number of benzene rings is 2. The smallest absolute Gasteiger partial charge is 0.243 e. The number of rotatable bonds is 8. The van der Waals surface area contributed by atoms with Crippen LogP contribution < -0.4 is 9.47 Å². The molecule has 2 rings (SSSR count). The Kier molecular flexibility index (Phi) is 6.45. The summed E-state index contributed by atoms with van der Waals surface area (Å²) in [6.07, 6.45) is 0.704. The molecule has 0 heterocycles. The zero-order valence-electron chi connectivity index (χ0n) is 15.2. The summed E-state index contributed by atoms with van der Waals surface area (Å²) in [6, 6.07) is 12.4. The quantitative estimate of drug-likeness (QED) is 0.720. The molecule has 2 aromatic carbocycles. The molecule has 0 radical (unpaired) electrons. The van der Waals surface area contributed by atoms with Gasteiger partial charge < -0.3 is 9.47 Å². The number of aryl methyl sites for hydroxylation is 1. The molecule has 0 aliphatic heterocycles. The van der Waals surface area contributed by atoms with Crippen molar-refractivity contribution in [2.24, 2.45) is 0 Å². The Hall–Kier alpha value is -2.05. The number of sulfonamides is 1. The van der Waals surface area contributed by atoms with Gasteiger partial charge in [-0.3, -0.25) is 0 Å². The molecule has 0 unspecified atom stereocenters. The number of hydrogen-bond acceptors (Lipinski definition) is 4. The standard InChI is InChI=1S/C19H25NO4S/c1-5-16-13-18(11-12-19(16)23-4)25(21,22)20(3)14-15-7-9-17(10-8-15)24-6-2/h7-13H,5-6,14H2,1-4H3. The van der Waals surface area contributed by atoms with Gasteiger partial charge in [-0.2, -0.15) is 4.31 Å². The third-order valence-corrected chi connectivity index (χ3v) is 5.78. The van der Waals surface area contributed by atoms with Gasteiger partial charge in [0, 0.05) is 13.6 Å². The van der Waals surface area contributed by atoms with Crippen molar-refractivity contribution < 1.29 is 17.9 Å². The highest BCUT2D eigenvalue weighted by Crippen LogP contribution is 2.25. The molecule has 0 aliphatic carbocycles. The predicted molar refractivity (Wildman–Crippen MR) is 98.6 cm³/mol. The molecule has 5 nitrogen and oxygen atoms in total. The lowest BCUT2D eigenvalue weighted by molar-refractivity contribution is 0.340. The van der Waals surface area contributed by atoms with Gasteiger partial charge in [-0.15, -0.1) is 0 Å². The molecule has 0 fully saturated rings. The molecule has 0 N–H and O–H groups in total. The van der Waals surface area contributed by atoms with Gasteiger partial charge in [0.15, 0.2) is 0 Å². The van der Waals surface area contributed by atoms with E-state index in [-0.39, 0.29) is 4.90 Å². The summed E-state index contributed by atoms with van der Waals surface area (Å²) in [4.78, 5) is 0.276. The van der Waals surface area contributed by atoms with E-state index in [4.69, 9.17) is 9.47 Å². The van der Waals surface area contributed by atoms with Crippen molar-refractivity contribution in [3.05, 3.63) is 53.6 Å². The van der Waals surface area contributed by atoms with Gasteiger partial charge in [-0.1, -0.05) is 19.1 Å². The van der Waals surface area contributed by atoms with E-state index in [1.54, 1.807) is 32.4 Å². The maximum atomic E-state index is 12.8. The fourth-order valence-corrected chi connectivity index (χ4v) is 3.78. The van der Waals surface area contributed by atoms with Crippen molar-refractivity contribution >= 4 is 10.0 Å². The summed E-state index contributed by atoms with van der Waals surface area (Å²) in [5.41, 5.74) is 1.77. The molecule has 0 spiro atoms. The predicted octanol–water partition coefficient (Wildman–Crippen LogP) is 3.48. The van der Waals surface area contributed by atoms with Crippen LogP contribution in [0.25, 0.3) is 0 Å². The van der Waals surface area contributed by atoms with Crippen LogP contribution in [0.4, 0.5) is 0 Å². The van der Waals surface area contributed by atoms with Crippen molar-refractivity contribution in [2.75, 3.05) is 20.8 Å². The van der Waals surface area contributed by atoms with E-state index in [1.165, 1.54) is 4.31 Å². The molecule has 2 aromatic rings. The first kappa shape index (κ1) is 19.3. The maximum absolute atomic E-state index is 12.8. The van der Waals surface area contributed by atoms with Crippen LogP contribution in [-0.4, -0.2) is 33.5 Å². The lowest BCUT2D eigenvalue weighted by Crippen LogP contribution is -2.26. The van der Waals surface area contributed by atoms with Crippen LogP contribution in [-0.2, 0) is 23.0 Å². The van der Waals surface area contributed by atoms with Crippen molar-refractivity contribution in [1.29, 1.82) is 0 Å². The molecule has 0 aromatic heterocycles. The summed E-state index contributed by atoms with van der Waals surface area (Å²) in [5.74, 6) is 1.48. The lowest BCUT2D eigenvalue weighted by atomic mass is 10.1. The van der Waals surface area contributed by atoms with E-state index in [0.717, 1.165) is 16.9 Å². The van der Waals surface area contributed by atoms with Crippen molar-refractivity contribution in [2.45, 2.75) is 31.7 Å². The van der Waals surface area contributed by atoms with Crippen LogP contribution in [0.1, 0.15) is 25.0 Å². The van der Waals surface area contributed by atoms with Crippen LogP contribution in [0.15, 0.2) is 47.4 Å². The van der Waals surface area contributed by atoms with Crippen molar-refractivity contribution in [3.63, 3.8) is 0 Å². The number of ether oxygens (including phenoxy) is 2. The number of methoxy groups -OCH3 is 1.